The number of primary amides is 1. The smallest absolute Gasteiger partial charge is 0.323 e. The number of para-hydroxylation sites is 1. The van der Waals surface area contributed by atoms with Gasteiger partial charge in [0.05, 0.1) is 17.2 Å². The van der Waals surface area contributed by atoms with Gasteiger partial charge in [0.2, 0.25) is 11.8 Å². The van der Waals surface area contributed by atoms with Crippen molar-refractivity contribution in [2.75, 3.05) is 25.9 Å². The van der Waals surface area contributed by atoms with Gasteiger partial charge >= 0.3 is 10.0 Å². The molecule has 2 aliphatic heterocycles. The van der Waals surface area contributed by atoms with Gasteiger partial charge in [0.25, 0.3) is 0 Å². The molecule has 2 amide bonds. The third kappa shape index (κ3) is 5.04. The number of amides is 2. The molecule has 1 aromatic heterocycles. The Balaban J connectivity index is 1.28. The van der Waals surface area contributed by atoms with Crippen molar-refractivity contribution in [3.63, 3.8) is 0 Å². The molecule has 2 fully saturated rings. The van der Waals surface area contributed by atoms with Crippen molar-refractivity contribution in [1.29, 1.82) is 0 Å². The summed E-state index contributed by atoms with van der Waals surface area (Å²) >= 11 is 0. The molecule has 212 valence electrons. The van der Waals surface area contributed by atoms with Crippen LogP contribution in [0.4, 0.5) is 0 Å². The van der Waals surface area contributed by atoms with Crippen LogP contribution < -0.4 is 10.5 Å². The summed E-state index contributed by atoms with van der Waals surface area (Å²) in [4.78, 5) is 32.3. The van der Waals surface area contributed by atoms with E-state index in [1.165, 1.54) is 0 Å². The zero-order valence-corrected chi connectivity index (χ0v) is 23.5. The Bertz CT molecular complexity index is 1530. The Hall–Kier alpha value is -3.54. The lowest BCUT2D eigenvalue weighted by atomic mass is 9.81. The minimum absolute atomic E-state index is 0.0523. The number of aromatic nitrogens is 1. The largest absolute Gasteiger partial charge is 0.489 e. The number of likely N-dealkylation sites (tertiary alicyclic amines) is 1. The number of carbonyl (C=O) groups is 2. The van der Waals surface area contributed by atoms with Gasteiger partial charge in [-0.3, -0.25) is 14.6 Å². The zero-order valence-electron chi connectivity index (χ0n) is 22.7. The standard InChI is InChI=1S/C29H34N4O6S/c1-29(22-7-9-23(10-8-22)39-19-21-11-15-31-25-6-4-3-5-24(21)25)14-16-32(28(29)35)26(27(30)34)20-12-17-33(36,18-13-20)40(2,37)38/h3-11,15,20,26,36H,12-14,16-19H2,1-2H3,(H-,30,34)/p+1. The molecule has 0 bridgehead atoms. The summed E-state index contributed by atoms with van der Waals surface area (Å²) in [5, 5.41) is 11.5. The first-order chi connectivity index (χ1) is 18.9. The highest BCUT2D eigenvalue weighted by Gasteiger charge is 2.51. The predicted octanol–water partition coefficient (Wildman–Crippen LogP) is 2.73. The molecule has 40 heavy (non-hydrogen) atoms. The maximum atomic E-state index is 13.8. The maximum absolute atomic E-state index is 13.8. The molecule has 0 saturated carbocycles. The fourth-order valence-electron chi connectivity index (χ4n) is 6.04. The number of pyridine rings is 1. The molecular weight excluding hydrogens is 532 g/mol. The zero-order chi connectivity index (χ0) is 28.7. The topological polar surface area (TPSA) is 140 Å². The third-order valence-corrected chi connectivity index (χ3v) is 10.2. The highest BCUT2D eigenvalue weighted by molar-refractivity contribution is 7.85. The van der Waals surface area contributed by atoms with Crippen LogP contribution >= 0.6 is 0 Å². The van der Waals surface area contributed by atoms with Crippen LogP contribution in [-0.4, -0.2) is 71.3 Å². The van der Waals surface area contributed by atoms with Crippen LogP contribution in [0.5, 0.6) is 5.75 Å². The van der Waals surface area contributed by atoms with Gasteiger partial charge in [0, 0.05) is 36.5 Å². The van der Waals surface area contributed by atoms with Crippen LogP contribution in [-0.2, 0) is 31.6 Å². The number of hydroxylamine groups is 2. The average Bonchev–Trinajstić information content (AvgIpc) is 3.23. The van der Waals surface area contributed by atoms with Gasteiger partial charge in [-0.05, 0) is 49.1 Å². The molecule has 0 aliphatic carbocycles. The van der Waals surface area contributed by atoms with Crippen molar-refractivity contribution in [3.8, 4) is 5.75 Å². The number of carbonyl (C=O) groups excluding carboxylic acids is 2. The van der Waals surface area contributed by atoms with E-state index in [4.69, 9.17) is 10.5 Å². The number of hydrogen-bond donors (Lipinski definition) is 2. The third-order valence-electron chi connectivity index (χ3n) is 8.60. The number of sulfonamides is 1. The molecule has 10 nitrogen and oxygen atoms in total. The Morgan fingerprint density at radius 3 is 2.50 bits per heavy atom. The van der Waals surface area contributed by atoms with Gasteiger partial charge in [-0.2, -0.15) is 8.42 Å². The number of fused-ring (bicyclic) bond motifs is 1. The van der Waals surface area contributed by atoms with E-state index < -0.39 is 31.4 Å². The van der Waals surface area contributed by atoms with Crippen LogP contribution in [0, 0.1) is 5.92 Å². The van der Waals surface area contributed by atoms with E-state index in [0.29, 0.717) is 25.3 Å². The van der Waals surface area contributed by atoms with Crippen molar-refractivity contribution in [2.45, 2.75) is 44.2 Å². The van der Waals surface area contributed by atoms with E-state index in [0.717, 1.165) is 28.3 Å². The van der Waals surface area contributed by atoms with Crippen LogP contribution in [0.25, 0.3) is 10.9 Å². The number of ether oxygens (including phenoxy) is 1. The second kappa shape index (κ2) is 10.5. The fraction of sp³-hybridized carbons (Fsp3) is 0.414. The lowest BCUT2D eigenvalue weighted by Gasteiger charge is -2.39. The fourth-order valence-corrected chi connectivity index (χ4v) is 6.92. The number of quaternary nitrogens is 1. The molecule has 2 aromatic carbocycles. The molecule has 3 aromatic rings. The summed E-state index contributed by atoms with van der Waals surface area (Å²) in [7, 11) is -3.73. The van der Waals surface area contributed by atoms with E-state index in [9.17, 15) is 23.2 Å². The number of benzene rings is 2. The first-order valence-corrected chi connectivity index (χ1v) is 15.2. The van der Waals surface area contributed by atoms with Crippen molar-refractivity contribution in [1.82, 2.24) is 9.88 Å². The molecule has 2 aliphatic rings. The van der Waals surface area contributed by atoms with Crippen molar-refractivity contribution in [3.05, 3.63) is 71.9 Å². The van der Waals surface area contributed by atoms with Crippen LogP contribution in [0.2, 0.25) is 0 Å². The van der Waals surface area contributed by atoms with Gasteiger partial charge < -0.3 is 15.4 Å². The summed E-state index contributed by atoms with van der Waals surface area (Å²) in [6, 6.07) is 16.4. The maximum Gasteiger partial charge on any atom is 0.323 e. The van der Waals surface area contributed by atoms with Gasteiger partial charge in [0.1, 0.15) is 31.5 Å². The lowest BCUT2D eigenvalue weighted by Crippen LogP contribution is -2.59. The normalized spacial score (nSPS) is 26.1. The van der Waals surface area contributed by atoms with E-state index in [1.807, 2.05) is 61.5 Å². The van der Waals surface area contributed by atoms with Gasteiger partial charge in [-0.25, -0.2) is 5.21 Å². The molecule has 0 spiro atoms. The molecule has 2 unspecified atom stereocenters. The van der Waals surface area contributed by atoms with Crippen LogP contribution in [0.1, 0.15) is 37.3 Å². The summed E-state index contributed by atoms with van der Waals surface area (Å²) in [5.41, 5.74) is 7.69. The second-order valence-corrected chi connectivity index (χ2v) is 13.2. The summed E-state index contributed by atoms with van der Waals surface area (Å²) in [6.07, 6.45) is 3.79. The Kier molecular flexibility index (Phi) is 7.32. The number of rotatable bonds is 8. The second-order valence-electron chi connectivity index (χ2n) is 11.1. The highest BCUT2D eigenvalue weighted by Crippen LogP contribution is 2.40. The summed E-state index contributed by atoms with van der Waals surface area (Å²) in [5.74, 6) is -0.466. The van der Waals surface area contributed by atoms with E-state index in [1.54, 1.807) is 11.1 Å². The Labute approximate surface area is 234 Å². The van der Waals surface area contributed by atoms with Gasteiger partial charge in [-0.1, -0.05) is 34.4 Å². The van der Waals surface area contributed by atoms with E-state index in [-0.39, 0.29) is 37.8 Å². The quantitative estimate of drug-likeness (QED) is 0.399. The molecule has 2 saturated heterocycles. The van der Waals surface area contributed by atoms with Crippen LogP contribution in [0.15, 0.2) is 60.8 Å². The monoisotopic (exact) mass is 567 g/mol. The minimum atomic E-state index is -3.73. The first kappa shape index (κ1) is 28.0. The predicted molar refractivity (Wildman–Crippen MR) is 149 cm³/mol. The van der Waals surface area contributed by atoms with Crippen molar-refractivity contribution >= 4 is 32.7 Å². The van der Waals surface area contributed by atoms with E-state index in [2.05, 4.69) is 4.98 Å². The highest BCUT2D eigenvalue weighted by atomic mass is 32.2. The molecule has 3 heterocycles. The lowest BCUT2D eigenvalue weighted by molar-refractivity contribution is -1.00. The molecule has 11 heteroatoms. The van der Waals surface area contributed by atoms with E-state index >= 15 is 0 Å². The molecular formula is C29H35N4O6S+. The summed E-state index contributed by atoms with van der Waals surface area (Å²) in [6.45, 7) is 2.50. The number of nitrogens with two attached hydrogens (primary N) is 1. The molecule has 3 N–H and O–H groups in total. The molecule has 0 radical (unpaired) electrons. The van der Waals surface area contributed by atoms with Gasteiger partial charge in [0.15, 0.2) is 0 Å². The SMILES string of the molecule is CC1(c2ccc(OCc3ccnc4ccccc34)cc2)CCN(C(C(N)=O)C2CC[N+](O)(S(C)(=O)=O)CC2)C1=O. The number of nitrogens with zero attached hydrogens (tertiary/aromatic N) is 3. The Morgan fingerprint density at radius 1 is 1.18 bits per heavy atom. The minimum Gasteiger partial charge on any atom is -0.489 e. The molecule has 5 rings (SSSR count). The molecule has 2 atom stereocenters. The van der Waals surface area contributed by atoms with Crippen molar-refractivity contribution in [2.24, 2.45) is 11.7 Å². The van der Waals surface area contributed by atoms with Gasteiger partial charge in [-0.15, -0.1) is 0 Å². The number of piperidine rings is 1. The average molecular weight is 568 g/mol. The Morgan fingerprint density at radius 2 is 1.85 bits per heavy atom. The number of hydrogen-bond acceptors (Lipinski definition) is 7. The summed E-state index contributed by atoms with van der Waals surface area (Å²) < 4.78 is 29.0. The first-order valence-electron chi connectivity index (χ1n) is 13.4. The van der Waals surface area contributed by atoms with Crippen molar-refractivity contribution < 1.29 is 32.0 Å². The van der Waals surface area contributed by atoms with Crippen LogP contribution in [0.3, 0.4) is 0 Å².